The van der Waals surface area contributed by atoms with E-state index in [4.69, 9.17) is 4.74 Å². The molecule has 15 heavy (non-hydrogen) atoms. The van der Waals surface area contributed by atoms with E-state index in [0.29, 0.717) is 18.2 Å². The van der Waals surface area contributed by atoms with E-state index in [2.05, 4.69) is 5.32 Å². The van der Waals surface area contributed by atoms with Gasteiger partial charge in [-0.25, -0.2) is 4.39 Å². The molecule has 0 radical (unpaired) electrons. The van der Waals surface area contributed by atoms with Crippen molar-refractivity contribution >= 4 is 0 Å². The molecule has 2 nitrogen and oxygen atoms in total. The zero-order valence-electron chi connectivity index (χ0n) is 8.92. The Morgan fingerprint density at radius 3 is 2.93 bits per heavy atom. The van der Waals surface area contributed by atoms with E-state index in [1.54, 1.807) is 6.07 Å². The molecule has 0 atom stereocenters. The van der Waals surface area contributed by atoms with Crippen LogP contribution in [0.4, 0.5) is 4.39 Å². The number of rotatable bonds is 5. The molecule has 0 spiro atoms. The lowest BCUT2D eigenvalue weighted by molar-refractivity contribution is 0.295. The molecule has 1 aliphatic rings. The molecule has 0 aromatic heterocycles. The van der Waals surface area contributed by atoms with Crippen molar-refractivity contribution in [2.24, 2.45) is 5.92 Å². The molecule has 1 fully saturated rings. The van der Waals surface area contributed by atoms with Crippen LogP contribution in [0, 0.1) is 11.7 Å². The Labute approximate surface area is 89.4 Å². The van der Waals surface area contributed by atoms with Gasteiger partial charge in [-0.05, 0) is 31.9 Å². The maximum Gasteiger partial charge on any atom is 0.126 e. The lowest BCUT2D eigenvalue weighted by Crippen LogP contribution is -2.09. The third-order valence-electron chi connectivity index (χ3n) is 2.57. The molecule has 0 unspecified atom stereocenters. The molecule has 1 aromatic carbocycles. The third kappa shape index (κ3) is 2.93. The molecule has 1 aromatic rings. The predicted molar refractivity (Wildman–Crippen MR) is 57.4 cm³/mol. The van der Waals surface area contributed by atoms with Crippen molar-refractivity contribution in [3.63, 3.8) is 0 Å². The topological polar surface area (TPSA) is 21.3 Å². The number of hydrogen-bond donors (Lipinski definition) is 1. The van der Waals surface area contributed by atoms with Crippen LogP contribution in [0.2, 0.25) is 0 Å². The highest BCUT2D eigenvalue weighted by molar-refractivity contribution is 5.34. The van der Waals surface area contributed by atoms with Gasteiger partial charge in [0.2, 0.25) is 0 Å². The molecule has 1 N–H and O–H groups in total. The van der Waals surface area contributed by atoms with Gasteiger partial charge in [-0.15, -0.1) is 0 Å². The second kappa shape index (κ2) is 4.62. The summed E-state index contributed by atoms with van der Waals surface area (Å²) in [7, 11) is 1.87. The minimum atomic E-state index is -0.236. The average molecular weight is 209 g/mol. The molecular formula is C12H16FNO. The van der Waals surface area contributed by atoms with Gasteiger partial charge in [0.15, 0.2) is 0 Å². The molecule has 0 heterocycles. The first-order chi connectivity index (χ1) is 7.29. The van der Waals surface area contributed by atoms with Gasteiger partial charge in [-0.1, -0.05) is 6.07 Å². The Morgan fingerprint density at radius 1 is 1.47 bits per heavy atom. The first-order valence-corrected chi connectivity index (χ1v) is 5.35. The Bertz CT molecular complexity index is 336. The fourth-order valence-corrected chi connectivity index (χ4v) is 1.49. The van der Waals surface area contributed by atoms with Gasteiger partial charge in [0.25, 0.3) is 0 Å². The van der Waals surface area contributed by atoms with Gasteiger partial charge in [0.1, 0.15) is 11.6 Å². The fourth-order valence-electron chi connectivity index (χ4n) is 1.49. The quantitative estimate of drug-likeness (QED) is 0.803. The van der Waals surface area contributed by atoms with Crippen LogP contribution in [0.1, 0.15) is 18.4 Å². The molecule has 3 heteroatoms. The Balaban J connectivity index is 2.05. The maximum atomic E-state index is 13.0. The van der Waals surface area contributed by atoms with Crippen LogP contribution in [-0.4, -0.2) is 13.7 Å². The van der Waals surface area contributed by atoms with Crippen molar-refractivity contribution in [1.29, 1.82) is 0 Å². The SMILES string of the molecule is CNCc1ccc(F)cc1OCC1CC1. The Hall–Kier alpha value is -1.09. The highest BCUT2D eigenvalue weighted by Gasteiger charge is 2.22. The van der Waals surface area contributed by atoms with Crippen LogP contribution >= 0.6 is 0 Å². The lowest BCUT2D eigenvalue weighted by atomic mass is 10.2. The Morgan fingerprint density at radius 2 is 2.27 bits per heavy atom. The predicted octanol–water partition coefficient (Wildman–Crippen LogP) is 2.33. The van der Waals surface area contributed by atoms with Gasteiger partial charge in [0, 0.05) is 18.2 Å². The van der Waals surface area contributed by atoms with Gasteiger partial charge < -0.3 is 10.1 Å². The molecule has 2 rings (SSSR count). The first-order valence-electron chi connectivity index (χ1n) is 5.35. The summed E-state index contributed by atoms with van der Waals surface area (Å²) in [6.07, 6.45) is 2.49. The number of benzene rings is 1. The zero-order chi connectivity index (χ0) is 10.7. The molecule has 82 valence electrons. The summed E-state index contributed by atoms with van der Waals surface area (Å²) in [4.78, 5) is 0. The van der Waals surface area contributed by atoms with E-state index in [1.807, 2.05) is 7.05 Å². The van der Waals surface area contributed by atoms with E-state index < -0.39 is 0 Å². The second-order valence-corrected chi connectivity index (χ2v) is 4.04. The van der Waals surface area contributed by atoms with E-state index in [9.17, 15) is 4.39 Å². The summed E-state index contributed by atoms with van der Waals surface area (Å²) in [6, 6.07) is 4.71. The molecule has 1 saturated carbocycles. The van der Waals surface area contributed by atoms with Crippen molar-refractivity contribution in [2.45, 2.75) is 19.4 Å². The minimum Gasteiger partial charge on any atom is -0.493 e. The number of nitrogens with one attached hydrogen (secondary N) is 1. The van der Waals surface area contributed by atoms with Gasteiger partial charge in [-0.3, -0.25) is 0 Å². The Kier molecular flexibility index (Phi) is 3.21. The van der Waals surface area contributed by atoms with Crippen LogP contribution in [0.3, 0.4) is 0 Å². The molecule has 0 bridgehead atoms. The molecule has 0 saturated heterocycles. The summed E-state index contributed by atoms with van der Waals surface area (Å²) in [6.45, 7) is 1.43. The second-order valence-electron chi connectivity index (χ2n) is 4.04. The minimum absolute atomic E-state index is 0.236. The van der Waals surface area contributed by atoms with Crippen LogP contribution in [0.25, 0.3) is 0 Å². The standard InChI is InChI=1S/C12H16FNO/c1-14-7-10-4-5-11(13)6-12(10)15-8-9-2-3-9/h4-6,9,14H,2-3,7-8H2,1H3. The lowest BCUT2D eigenvalue weighted by Gasteiger charge is -2.10. The number of ether oxygens (including phenoxy) is 1. The largest absolute Gasteiger partial charge is 0.493 e. The van der Waals surface area contributed by atoms with Crippen molar-refractivity contribution in [3.8, 4) is 5.75 Å². The van der Waals surface area contributed by atoms with Gasteiger partial charge >= 0.3 is 0 Å². The maximum absolute atomic E-state index is 13.0. The van der Waals surface area contributed by atoms with E-state index >= 15 is 0 Å². The van der Waals surface area contributed by atoms with E-state index in [1.165, 1.54) is 25.0 Å². The van der Waals surface area contributed by atoms with E-state index in [0.717, 1.165) is 12.2 Å². The molecule has 0 amide bonds. The molecule has 0 aliphatic heterocycles. The third-order valence-corrected chi connectivity index (χ3v) is 2.57. The monoisotopic (exact) mass is 209 g/mol. The number of halogens is 1. The van der Waals surface area contributed by atoms with Crippen molar-refractivity contribution in [1.82, 2.24) is 5.32 Å². The fraction of sp³-hybridized carbons (Fsp3) is 0.500. The van der Waals surface area contributed by atoms with Crippen molar-refractivity contribution in [3.05, 3.63) is 29.6 Å². The van der Waals surface area contributed by atoms with Crippen LogP contribution in [0.5, 0.6) is 5.75 Å². The average Bonchev–Trinajstić information content (AvgIpc) is 3.02. The van der Waals surface area contributed by atoms with Gasteiger partial charge in [0.05, 0.1) is 6.61 Å². The first kappa shape index (κ1) is 10.4. The highest BCUT2D eigenvalue weighted by atomic mass is 19.1. The normalized spacial score (nSPS) is 15.3. The van der Waals surface area contributed by atoms with Crippen LogP contribution < -0.4 is 10.1 Å². The summed E-state index contributed by atoms with van der Waals surface area (Å²) in [5, 5.41) is 3.04. The summed E-state index contributed by atoms with van der Waals surface area (Å²) < 4.78 is 18.6. The van der Waals surface area contributed by atoms with Crippen LogP contribution in [-0.2, 0) is 6.54 Å². The molecular weight excluding hydrogens is 193 g/mol. The van der Waals surface area contributed by atoms with Crippen LogP contribution in [0.15, 0.2) is 18.2 Å². The smallest absolute Gasteiger partial charge is 0.126 e. The van der Waals surface area contributed by atoms with E-state index in [-0.39, 0.29) is 5.82 Å². The van der Waals surface area contributed by atoms with Crippen molar-refractivity contribution < 1.29 is 9.13 Å². The summed E-state index contributed by atoms with van der Waals surface area (Å²) in [5.41, 5.74) is 1.01. The zero-order valence-corrected chi connectivity index (χ0v) is 8.92. The summed E-state index contributed by atoms with van der Waals surface area (Å²) >= 11 is 0. The number of hydrogen-bond acceptors (Lipinski definition) is 2. The van der Waals surface area contributed by atoms with Crippen molar-refractivity contribution in [2.75, 3.05) is 13.7 Å². The summed E-state index contributed by atoms with van der Waals surface area (Å²) in [5.74, 6) is 1.13. The molecule has 1 aliphatic carbocycles. The highest BCUT2D eigenvalue weighted by Crippen LogP contribution is 2.30. The van der Waals surface area contributed by atoms with Gasteiger partial charge in [-0.2, -0.15) is 0 Å².